The molecule has 114 valence electrons. The van der Waals surface area contributed by atoms with E-state index in [2.05, 4.69) is 0 Å². The van der Waals surface area contributed by atoms with Gasteiger partial charge in [-0.1, -0.05) is 40.8 Å². The zero-order valence-corrected chi connectivity index (χ0v) is 13.9. The summed E-state index contributed by atoms with van der Waals surface area (Å²) in [4.78, 5) is 35.0. The lowest BCUT2D eigenvalue weighted by Crippen LogP contribution is -2.26. The summed E-state index contributed by atoms with van der Waals surface area (Å²) in [7, 11) is 0. The standard InChI is InChI=1S/C15H17IO5/c1-2-20-14(18)9-13(8-12(17)10-16)21-15(19)11-6-4-3-5-7-11/h3-7,13H,2,8-10H2,1H3/t13-/m1/s1. The van der Waals surface area contributed by atoms with Crippen LogP contribution in [0.1, 0.15) is 30.1 Å². The molecular weight excluding hydrogens is 387 g/mol. The second kappa shape index (κ2) is 9.49. The third kappa shape index (κ3) is 6.70. The highest BCUT2D eigenvalue weighted by Crippen LogP contribution is 2.12. The summed E-state index contributed by atoms with van der Waals surface area (Å²) >= 11 is 1.94. The topological polar surface area (TPSA) is 69.7 Å². The molecule has 1 aromatic carbocycles. The van der Waals surface area contributed by atoms with Crippen molar-refractivity contribution in [1.82, 2.24) is 0 Å². The van der Waals surface area contributed by atoms with Crippen LogP contribution in [0.15, 0.2) is 30.3 Å². The van der Waals surface area contributed by atoms with Gasteiger partial charge < -0.3 is 9.47 Å². The average molecular weight is 404 g/mol. The van der Waals surface area contributed by atoms with Crippen molar-refractivity contribution in [1.29, 1.82) is 0 Å². The molecule has 0 bridgehead atoms. The second-order valence-corrected chi connectivity index (χ2v) is 5.04. The summed E-state index contributed by atoms with van der Waals surface area (Å²) in [5, 5.41) is 0. The number of alkyl halides is 1. The molecule has 5 nitrogen and oxygen atoms in total. The maximum absolute atomic E-state index is 12.0. The number of carbonyl (C=O) groups is 3. The summed E-state index contributed by atoms with van der Waals surface area (Å²) in [6, 6.07) is 8.44. The smallest absolute Gasteiger partial charge is 0.338 e. The van der Waals surface area contributed by atoms with Crippen molar-refractivity contribution < 1.29 is 23.9 Å². The Morgan fingerprint density at radius 3 is 2.38 bits per heavy atom. The number of halogens is 1. The van der Waals surface area contributed by atoms with E-state index in [4.69, 9.17) is 9.47 Å². The van der Waals surface area contributed by atoms with E-state index in [1.54, 1.807) is 37.3 Å². The largest absolute Gasteiger partial charge is 0.466 e. The summed E-state index contributed by atoms with van der Waals surface area (Å²) in [6.07, 6.45) is -0.895. The molecule has 0 unspecified atom stereocenters. The molecule has 0 saturated carbocycles. The van der Waals surface area contributed by atoms with Crippen LogP contribution in [-0.2, 0) is 19.1 Å². The van der Waals surface area contributed by atoms with Crippen molar-refractivity contribution in [3.8, 4) is 0 Å². The predicted molar refractivity (Wildman–Crippen MR) is 85.4 cm³/mol. The van der Waals surface area contributed by atoms with E-state index >= 15 is 0 Å². The number of ketones is 1. The third-order valence-corrected chi connectivity index (χ3v) is 3.44. The zero-order valence-electron chi connectivity index (χ0n) is 11.7. The Balaban J connectivity index is 2.69. The van der Waals surface area contributed by atoms with Crippen LogP contribution in [0.25, 0.3) is 0 Å². The van der Waals surface area contributed by atoms with E-state index in [1.807, 2.05) is 22.6 Å². The molecule has 0 fully saturated rings. The van der Waals surface area contributed by atoms with E-state index in [-0.39, 0.29) is 25.2 Å². The summed E-state index contributed by atoms with van der Waals surface area (Å²) < 4.78 is 10.4. The lowest BCUT2D eigenvalue weighted by Gasteiger charge is -2.16. The molecule has 21 heavy (non-hydrogen) atoms. The van der Waals surface area contributed by atoms with Gasteiger partial charge in [-0.15, -0.1) is 0 Å². The molecule has 0 heterocycles. The Morgan fingerprint density at radius 2 is 1.81 bits per heavy atom. The van der Waals surface area contributed by atoms with Crippen LogP contribution in [0.4, 0.5) is 0 Å². The SMILES string of the molecule is CCOC(=O)C[C@@H](CC(=O)CI)OC(=O)c1ccccc1. The fraction of sp³-hybridized carbons (Fsp3) is 0.400. The molecule has 6 heteroatoms. The highest BCUT2D eigenvalue weighted by Gasteiger charge is 2.22. The minimum absolute atomic E-state index is 0.0142. The normalized spacial score (nSPS) is 11.5. The number of hydrogen-bond donors (Lipinski definition) is 0. The molecule has 1 aromatic rings. The van der Waals surface area contributed by atoms with Gasteiger partial charge in [-0.05, 0) is 19.1 Å². The molecule has 0 aliphatic heterocycles. The molecule has 0 aliphatic rings. The van der Waals surface area contributed by atoms with Gasteiger partial charge in [0.05, 0.1) is 23.0 Å². The van der Waals surface area contributed by atoms with Crippen molar-refractivity contribution in [2.45, 2.75) is 25.9 Å². The highest BCUT2D eigenvalue weighted by molar-refractivity contribution is 14.1. The quantitative estimate of drug-likeness (QED) is 0.379. The maximum atomic E-state index is 12.0. The van der Waals surface area contributed by atoms with Crippen LogP contribution in [-0.4, -0.2) is 34.9 Å². The molecule has 1 rings (SSSR count). The minimum atomic E-state index is -0.793. The van der Waals surface area contributed by atoms with Crippen LogP contribution < -0.4 is 0 Å². The van der Waals surface area contributed by atoms with Crippen molar-refractivity contribution in [2.75, 3.05) is 11.0 Å². The number of carbonyl (C=O) groups excluding carboxylic acids is 3. The number of hydrogen-bond acceptors (Lipinski definition) is 5. The molecule has 1 atom stereocenters. The third-order valence-electron chi connectivity index (χ3n) is 2.59. The van der Waals surface area contributed by atoms with Gasteiger partial charge in [0.15, 0.2) is 0 Å². The minimum Gasteiger partial charge on any atom is -0.466 e. The predicted octanol–water partition coefficient (Wildman–Crippen LogP) is 2.56. The summed E-state index contributed by atoms with van der Waals surface area (Å²) in [5.74, 6) is -1.11. The maximum Gasteiger partial charge on any atom is 0.338 e. The van der Waals surface area contributed by atoms with Crippen LogP contribution in [0.2, 0.25) is 0 Å². The molecule has 0 aliphatic carbocycles. The number of esters is 2. The average Bonchev–Trinajstić information content (AvgIpc) is 2.48. The van der Waals surface area contributed by atoms with Gasteiger partial charge in [0.25, 0.3) is 0 Å². The van der Waals surface area contributed by atoms with Crippen LogP contribution in [0.5, 0.6) is 0 Å². The first kappa shape index (κ1) is 17.6. The number of rotatable bonds is 8. The molecule has 0 N–H and O–H groups in total. The molecule has 0 spiro atoms. The van der Waals surface area contributed by atoms with E-state index in [9.17, 15) is 14.4 Å². The van der Waals surface area contributed by atoms with E-state index < -0.39 is 18.0 Å². The van der Waals surface area contributed by atoms with Crippen LogP contribution in [0.3, 0.4) is 0 Å². The molecule has 0 amide bonds. The lowest BCUT2D eigenvalue weighted by atomic mass is 10.1. The van der Waals surface area contributed by atoms with Gasteiger partial charge >= 0.3 is 11.9 Å². The Morgan fingerprint density at radius 1 is 1.14 bits per heavy atom. The number of benzene rings is 1. The van der Waals surface area contributed by atoms with Gasteiger partial charge in [0, 0.05) is 6.42 Å². The fourth-order valence-electron chi connectivity index (χ4n) is 1.66. The monoisotopic (exact) mass is 404 g/mol. The highest BCUT2D eigenvalue weighted by atomic mass is 127. The van der Waals surface area contributed by atoms with Gasteiger partial charge in [-0.3, -0.25) is 9.59 Å². The van der Waals surface area contributed by atoms with E-state index in [0.717, 1.165) is 0 Å². The van der Waals surface area contributed by atoms with E-state index in [0.29, 0.717) is 9.99 Å². The first-order chi connectivity index (χ1) is 10.1. The molecule has 0 aromatic heterocycles. The van der Waals surface area contributed by atoms with Crippen molar-refractivity contribution in [2.24, 2.45) is 0 Å². The van der Waals surface area contributed by atoms with Crippen LogP contribution in [0, 0.1) is 0 Å². The molecule has 0 radical (unpaired) electrons. The second-order valence-electron chi connectivity index (χ2n) is 4.28. The summed E-state index contributed by atoms with van der Waals surface area (Å²) in [6.45, 7) is 1.94. The molecular formula is C15H17IO5. The Bertz CT molecular complexity index is 486. The first-order valence-corrected chi connectivity index (χ1v) is 8.08. The number of Topliss-reactive ketones (excluding diaryl/α,β-unsaturated/α-hetero) is 1. The van der Waals surface area contributed by atoms with Gasteiger partial charge in [0.2, 0.25) is 0 Å². The number of ether oxygens (including phenoxy) is 2. The zero-order chi connectivity index (χ0) is 15.7. The Hall–Kier alpha value is -1.44. The van der Waals surface area contributed by atoms with Crippen molar-refractivity contribution in [3.63, 3.8) is 0 Å². The van der Waals surface area contributed by atoms with Crippen LogP contribution >= 0.6 is 22.6 Å². The van der Waals surface area contributed by atoms with Crippen molar-refractivity contribution in [3.05, 3.63) is 35.9 Å². The van der Waals surface area contributed by atoms with Gasteiger partial charge in [0.1, 0.15) is 11.9 Å². The van der Waals surface area contributed by atoms with Crippen molar-refractivity contribution >= 4 is 40.3 Å². The Labute approximate surface area is 137 Å². The van der Waals surface area contributed by atoms with Gasteiger partial charge in [-0.25, -0.2) is 4.79 Å². The van der Waals surface area contributed by atoms with Gasteiger partial charge in [-0.2, -0.15) is 0 Å². The first-order valence-electron chi connectivity index (χ1n) is 6.56. The van der Waals surface area contributed by atoms with E-state index in [1.165, 1.54) is 0 Å². The summed E-state index contributed by atoms with van der Waals surface area (Å²) in [5.41, 5.74) is 0.383. The lowest BCUT2D eigenvalue weighted by molar-refractivity contribution is -0.145. The Kier molecular flexibility index (Phi) is 7.96. The molecule has 0 saturated heterocycles. The fourth-order valence-corrected chi connectivity index (χ4v) is 1.97.